The lowest BCUT2D eigenvalue weighted by molar-refractivity contribution is -0.116. The second-order valence-electron chi connectivity index (χ2n) is 6.00. The van der Waals surface area contributed by atoms with E-state index in [0.717, 1.165) is 0 Å². The maximum absolute atomic E-state index is 12.2. The molecular weight excluding hydrogens is 453 g/mol. The highest BCUT2D eigenvalue weighted by Crippen LogP contribution is 2.31. The molecule has 138 valence electrons. The number of imidazole rings is 1. The first-order chi connectivity index (χ1) is 12.5. The van der Waals surface area contributed by atoms with Crippen LogP contribution in [0.3, 0.4) is 0 Å². The monoisotopic (exact) mass is 471 g/mol. The average Bonchev–Trinajstić information content (AvgIpc) is 3.09. The van der Waals surface area contributed by atoms with Crippen LogP contribution in [0.4, 0.5) is 16.2 Å². The standard InChI is InChI=1S/C16H18IN5O4/c17-26-16(25)20-8-1-3-10-12(5-8)21-14(24)4-2-9(23)6-11(18)15-19-7-13(10)22-15/h1,3,5,7,9,11,23H,2,4,6,18H2,(H,19,22)(H,20,25)(H,21,24)/t9?,11-/m0/s1. The minimum absolute atomic E-state index is 0.153. The number of nitrogens with zero attached hydrogens (tertiary/aromatic N) is 1. The largest absolute Gasteiger partial charge is 0.421 e. The highest BCUT2D eigenvalue weighted by molar-refractivity contribution is 14.1. The van der Waals surface area contributed by atoms with Crippen LogP contribution in [0.25, 0.3) is 11.3 Å². The fourth-order valence-electron chi connectivity index (χ4n) is 2.78. The number of aromatic nitrogens is 2. The van der Waals surface area contributed by atoms with E-state index in [1.165, 1.54) is 23.0 Å². The van der Waals surface area contributed by atoms with Gasteiger partial charge in [0.25, 0.3) is 0 Å². The van der Waals surface area contributed by atoms with Crippen molar-refractivity contribution >= 4 is 46.4 Å². The maximum atomic E-state index is 12.2. The van der Waals surface area contributed by atoms with E-state index < -0.39 is 18.2 Å². The second-order valence-corrected chi connectivity index (χ2v) is 6.44. The van der Waals surface area contributed by atoms with Crippen LogP contribution in [0.15, 0.2) is 24.4 Å². The van der Waals surface area contributed by atoms with Gasteiger partial charge in [0.1, 0.15) is 5.82 Å². The fraction of sp³-hybridized carbons (Fsp3) is 0.312. The van der Waals surface area contributed by atoms with Crippen LogP contribution in [0.2, 0.25) is 0 Å². The summed E-state index contributed by atoms with van der Waals surface area (Å²) < 4.78 is 4.55. The molecule has 3 rings (SSSR count). The molecule has 10 heteroatoms. The number of hydrogen-bond acceptors (Lipinski definition) is 6. The summed E-state index contributed by atoms with van der Waals surface area (Å²) in [5.74, 6) is 0.316. The van der Waals surface area contributed by atoms with E-state index >= 15 is 0 Å². The second kappa shape index (κ2) is 8.01. The number of carbonyl (C=O) groups excluding carboxylic acids is 2. The van der Waals surface area contributed by atoms with Gasteiger partial charge in [-0.25, -0.2) is 9.78 Å². The summed E-state index contributed by atoms with van der Waals surface area (Å²) in [7, 11) is 0. The quantitative estimate of drug-likeness (QED) is 0.405. The first kappa shape index (κ1) is 18.6. The van der Waals surface area contributed by atoms with Crippen molar-refractivity contribution in [3.05, 3.63) is 30.2 Å². The van der Waals surface area contributed by atoms with E-state index in [1.807, 2.05) is 0 Å². The Morgan fingerprint density at radius 1 is 1.46 bits per heavy atom. The molecule has 6 N–H and O–H groups in total. The van der Waals surface area contributed by atoms with E-state index in [9.17, 15) is 14.7 Å². The minimum Gasteiger partial charge on any atom is -0.393 e. The van der Waals surface area contributed by atoms with Crippen molar-refractivity contribution in [3.8, 4) is 11.3 Å². The van der Waals surface area contributed by atoms with Gasteiger partial charge in [-0.2, -0.15) is 0 Å². The van der Waals surface area contributed by atoms with E-state index in [2.05, 4.69) is 23.7 Å². The molecule has 0 radical (unpaired) electrons. The number of nitrogens with two attached hydrogens (primary N) is 1. The summed E-state index contributed by atoms with van der Waals surface area (Å²) in [5, 5.41) is 15.4. The van der Waals surface area contributed by atoms with Gasteiger partial charge < -0.3 is 24.2 Å². The average molecular weight is 471 g/mol. The van der Waals surface area contributed by atoms with Crippen LogP contribution in [-0.2, 0) is 7.86 Å². The molecule has 1 aliphatic heterocycles. The molecule has 0 spiro atoms. The number of aliphatic hydroxyl groups is 1. The Kier molecular flexibility index (Phi) is 5.74. The number of aliphatic hydroxyl groups excluding tert-OH is 1. The number of anilines is 2. The Balaban J connectivity index is 2.01. The third-order valence-electron chi connectivity index (χ3n) is 4.07. The van der Waals surface area contributed by atoms with Gasteiger partial charge >= 0.3 is 6.09 Å². The Morgan fingerprint density at radius 2 is 2.27 bits per heavy atom. The minimum atomic E-state index is -0.699. The number of H-pyrrole nitrogens is 1. The Bertz CT molecular complexity index is 825. The van der Waals surface area contributed by atoms with Crippen molar-refractivity contribution in [1.29, 1.82) is 0 Å². The number of fused-ring (bicyclic) bond motifs is 4. The molecule has 9 nitrogen and oxygen atoms in total. The fourth-order valence-corrected chi connectivity index (χ4v) is 2.89. The zero-order valence-electron chi connectivity index (χ0n) is 13.7. The lowest BCUT2D eigenvalue weighted by atomic mass is 10.0. The molecule has 0 fully saturated rings. The van der Waals surface area contributed by atoms with Crippen LogP contribution in [0.5, 0.6) is 0 Å². The van der Waals surface area contributed by atoms with Gasteiger partial charge in [0.2, 0.25) is 5.91 Å². The molecule has 1 aromatic heterocycles. The number of carbonyl (C=O) groups is 2. The summed E-state index contributed by atoms with van der Waals surface area (Å²) in [6.07, 6.45) is 1.13. The van der Waals surface area contributed by atoms with Gasteiger partial charge in [0.15, 0.2) is 23.0 Å². The van der Waals surface area contributed by atoms with E-state index in [0.29, 0.717) is 41.3 Å². The lowest BCUT2D eigenvalue weighted by Crippen LogP contribution is -2.22. The molecule has 2 amide bonds. The zero-order valence-corrected chi connectivity index (χ0v) is 15.8. The summed E-state index contributed by atoms with van der Waals surface area (Å²) in [6, 6.07) is 4.59. The number of aromatic amines is 1. The maximum Gasteiger partial charge on any atom is 0.421 e. The van der Waals surface area contributed by atoms with E-state index in [4.69, 9.17) is 5.73 Å². The van der Waals surface area contributed by atoms with Crippen LogP contribution in [0.1, 0.15) is 31.1 Å². The third kappa shape index (κ3) is 4.31. The molecule has 1 unspecified atom stereocenters. The molecule has 2 bridgehead atoms. The predicted octanol–water partition coefficient (Wildman–Crippen LogP) is 2.46. The third-order valence-corrected chi connectivity index (χ3v) is 4.47. The van der Waals surface area contributed by atoms with Gasteiger partial charge in [0, 0.05) is 23.9 Å². The summed E-state index contributed by atoms with van der Waals surface area (Å²) in [6.45, 7) is 0. The number of amides is 2. The molecule has 0 aliphatic carbocycles. The summed E-state index contributed by atoms with van der Waals surface area (Å²) in [4.78, 5) is 31.2. The molecule has 0 saturated carbocycles. The highest BCUT2D eigenvalue weighted by atomic mass is 127. The molecule has 0 saturated heterocycles. The molecule has 2 atom stereocenters. The molecule has 26 heavy (non-hydrogen) atoms. The van der Waals surface area contributed by atoms with E-state index in [-0.39, 0.29) is 12.3 Å². The normalized spacial score (nSPS) is 20.2. The van der Waals surface area contributed by atoms with Crippen LogP contribution in [0, 0.1) is 0 Å². The molecule has 1 aliphatic rings. The number of rotatable bonds is 1. The van der Waals surface area contributed by atoms with Crippen molar-refractivity contribution in [2.75, 3.05) is 10.6 Å². The molecule has 2 aromatic rings. The van der Waals surface area contributed by atoms with Crippen molar-refractivity contribution in [3.63, 3.8) is 0 Å². The van der Waals surface area contributed by atoms with Crippen LogP contribution >= 0.6 is 23.0 Å². The zero-order chi connectivity index (χ0) is 18.7. The number of benzene rings is 1. The number of hydrogen-bond donors (Lipinski definition) is 5. The van der Waals surface area contributed by atoms with Gasteiger partial charge in [-0.05, 0) is 31.0 Å². The molecule has 1 aromatic carbocycles. The topological polar surface area (TPSA) is 142 Å². The van der Waals surface area contributed by atoms with Crippen LogP contribution in [-0.4, -0.2) is 33.2 Å². The summed E-state index contributed by atoms with van der Waals surface area (Å²) in [5.41, 5.74) is 8.32. The van der Waals surface area contributed by atoms with Gasteiger partial charge in [0.05, 0.1) is 23.5 Å². The van der Waals surface area contributed by atoms with Crippen molar-refractivity contribution < 1.29 is 17.8 Å². The van der Waals surface area contributed by atoms with Gasteiger partial charge in [-0.1, -0.05) is 0 Å². The van der Waals surface area contributed by atoms with Crippen molar-refractivity contribution in [2.24, 2.45) is 5.73 Å². The molecule has 2 heterocycles. The number of halogens is 1. The lowest BCUT2D eigenvalue weighted by Gasteiger charge is -2.17. The SMILES string of the molecule is N[C@H]1CC(O)CCC(=O)Nc2cc(NC(=O)OI)ccc2-c2c[nH]c1n2. The van der Waals surface area contributed by atoms with E-state index in [1.54, 1.807) is 24.4 Å². The Morgan fingerprint density at radius 3 is 3.04 bits per heavy atom. The van der Waals surface area contributed by atoms with Crippen molar-refractivity contribution in [1.82, 2.24) is 9.97 Å². The first-order valence-corrected chi connectivity index (χ1v) is 8.87. The Hall–Kier alpha value is -2.18. The first-order valence-electron chi connectivity index (χ1n) is 7.99. The smallest absolute Gasteiger partial charge is 0.393 e. The van der Waals surface area contributed by atoms with Gasteiger partial charge in [-0.3, -0.25) is 10.1 Å². The summed E-state index contributed by atoms with van der Waals surface area (Å²) >= 11 is 1.48. The van der Waals surface area contributed by atoms with Crippen molar-refractivity contribution in [2.45, 2.75) is 31.4 Å². The molecular formula is C16H18IN5O4. The van der Waals surface area contributed by atoms with Gasteiger partial charge in [-0.15, -0.1) is 0 Å². The van der Waals surface area contributed by atoms with Crippen LogP contribution < -0.4 is 16.4 Å². The predicted molar refractivity (Wildman–Crippen MR) is 104 cm³/mol. The number of nitrogens with one attached hydrogen (secondary N) is 3. The Labute approximate surface area is 163 Å². The highest BCUT2D eigenvalue weighted by Gasteiger charge is 2.20.